The third-order valence-electron chi connectivity index (χ3n) is 2.96. The first kappa shape index (κ1) is 11.7. The molecule has 2 unspecified atom stereocenters. The molecule has 0 saturated carbocycles. The van der Waals surface area contributed by atoms with Crippen molar-refractivity contribution in [3.05, 3.63) is 11.6 Å². The minimum absolute atomic E-state index is 0.00296. The molecule has 0 radical (unpaired) electrons. The van der Waals surface area contributed by atoms with Gasteiger partial charge in [-0.05, 0) is 31.6 Å². The van der Waals surface area contributed by atoms with Crippen molar-refractivity contribution in [3.8, 4) is 0 Å². The molecule has 0 aromatic rings. The Hall–Kier alpha value is 0.660. The Kier molecular flexibility index (Phi) is 4.02. The van der Waals surface area contributed by atoms with Crippen LogP contribution in [0.3, 0.4) is 0 Å². The monoisotopic (exact) mass is 310 g/mol. The van der Waals surface area contributed by atoms with Gasteiger partial charge in [0.15, 0.2) is 0 Å². The van der Waals surface area contributed by atoms with E-state index in [0.717, 1.165) is 19.3 Å². The van der Waals surface area contributed by atoms with Crippen molar-refractivity contribution in [2.24, 2.45) is 5.41 Å². The van der Waals surface area contributed by atoms with E-state index in [4.69, 9.17) is 0 Å². The molecule has 0 spiro atoms. The molecule has 1 rings (SSSR count). The summed E-state index contributed by atoms with van der Waals surface area (Å²) in [5, 5.41) is 9.97. The number of aliphatic hydroxyl groups is 1. The Balaban J connectivity index is 2.68. The zero-order valence-electron chi connectivity index (χ0n) is 8.06. The van der Waals surface area contributed by atoms with Crippen molar-refractivity contribution in [2.75, 3.05) is 0 Å². The van der Waals surface area contributed by atoms with Crippen LogP contribution in [0.15, 0.2) is 11.6 Å². The first-order valence-corrected chi connectivity index (χ1v) is 6.41. The van der Waals surface area contributed by atoms with Crippen LogP contribution >= 0.6 is 31.9 Å². The van der Waals surface area contributed by atoms with Crippen LogP contribution in [0, 0.1) is 5.41 Å². The minimum Gasteiger partial charge on any atom is -0.390 e. The first-order valence-electron chi connectivity index (χ1n) is 4.57. The number of aliphatic hydroxyl groups excluding tert-OH is 1. The summed E-state index contributed by atoms with van der Waals surface area (Å²) in [4.78, 5) is 0. The molecule has 0 aromatic carbocycles. The molecule has 0 fully saturated rings. The van der Waals surface area contributed by atoms with Gasteiger partial charge in [-0.3, -0.25) is 0 Å². The molecule has 1 N–H and O–H groups in total. The van der Waals surface area contributed by atoms with Crippen LogP contribution in [0.1, 0.15) is 33.1 Å². The van der Waals surface area contributed by atoms with Gasteiger partial charge in [0.1, 0.15) is 0 Å². The number of allylic oxidation sites excluding steroid dienone is 2. The number of rotatable bonds is 2. The number of hydrogen-bond acceptors (Lipinski definition) is 1. The largest absolute Gasteiger partial charge is 0.390 e. The van der Waals surface area contributed by atoms with Crippen molar-refractivity contribution >= 4 is 31.9 Å². The van der Waals surface area contributed by atoms with Crippen molar-refractivity contribution < 1.29 is 5.11 Å². The first-order chi connectivity index (χ1) is 5.96. The second-order valence-corrected chi connectivity index (χ2v) is 7.39. The lowest BCUT2D eigenvalue weighted by Crippen LogP contribution is -2.37. The molecule has 1 aliphatic carbocycles. The lowest BCUT2D eigenvalue weighted by molar-refractivity contribution is 0.0444. The van der Waals surface area contributed by atoms with Gasteiger partial charge in [0, 0.05) is 0 Å². The van der Waals surface area contributed by atoms with Gasteiger partial charge < -0.3 is 5.11 Å². The highest BCUT2D eigenvalue weighted by Gasteiger charge is 2.36. The topological polar surface area (TPSA) is 20.2 Å². The van der Waals surface area contributed by atoms with Gasteiger partial charge >= 0.3 is 0 Å². The van der Waals surface area contributed by atoms with Crippen LogP contribution in [0.2, 0.25) is 0 Å². The summed E-state index contributed by atoms with van der Waals surface area (Å²) in [5.41, 5.74) is 1.47. The van der Waals surface area contributed by atoms with Crippen molar-refractivity contribution in [1.82, 2.24) is 0 Å². The molecule has 0 amide bonds. The molecule has 0 bridgehead atoms. The zero-order valence-corrected chi connectivity index (χ0v) is 11.2. The highest BCUT2D eigenvalue weighted by Crippen LogP contribution is 2.41. The molecule has 1 nitrogen and oxygen atoms in total. The fourth-order valence-electron chi connectivity index (χ4n) is 1.67. The molecular weight excluding hydrogens is 296 g/mol. The van der Waals surface area contributed by atoms with Crippen LogP contribution in [-0.4, -0.2) is 14.9 Å². The number of halogens is 2. The number of alkyl halides is 2. The summed E-state index contributed by atoms with van der Waals surface area (Å²) in [6, 6.07) is 0. The minimum atomic E-state index is -0.322. The summed E-state index contributed by atoms with van der Waals surface area (Å²) in [5.74, 6) is 0. The van der Waals surface area contributed by atoms with E-state index in [0.29, 0.717) is 0 Å². The van der Waals surface area contributed by atoms with E-state index in [9.17, 15) is 5.11 Å². The molecular formula is C10H16Br2O. The van der Waals surface area contributed by atoms with Crippen LogP contribution < -0.4 is 0 Å². The maximum absolute atomic E-state index is 9.97. The predicted octanol–water partition coefficient (Wildman–Crippen LogP) is 3.60. The number of hydrogen-bond donors (Lipinski definition) is 1. The van der Waals surface area contributed by atoms with E-state index in [2.05, 4.69) is 51.8 Å². The Labute approximate surface area is 96.9 Å². The molecule has 0 heterocycles. The van der Waals surface area contributed by atoms with Gasteiger partial charge in [0.2, 0.25) is 0 Å². The average molecular weight is 312 g/mol. The summed E-state index contributed by atoms with van der Waals surface area (Å²) in [7, 11) is 0. The maximum atomic E-state index is 9.97. The Morgan fingerprint density at radius 1 is 1.54 bits per heavy atom. The fraction of sp³-hybridized carbons (Fsp3) is 0.800. The summed E-state index contributed by atoms with van der Waals surface area (Å²) in [6.45, 7) is 4.31. The van der Waals surface area contributed by atoms with E-state index in [1.807, 2.05) is 0 Å². The van der Waals surface area contributed by atoms with E-state index in [1.165, 1.54) is 5.57 Å². The van der Waals surface area contributed by atoms with Gasteiger partial charge in [-0.2, -0.15) is 0 Å². The van der Waals surface area contributed by atoms with E-state index >= 15 is 0 Å². The molecule has 1 aliphatic rings. The van der Waals surface area contributed by atoms with E-state index < -0.39 is 0 Å². The summed E-state index contributed by atoms with van der Waals surface area (Å²) in [6.07, 6.45) is 5.09. The third-order valence-corrected chi connectivity index (χ3v) is 3.96. The Morgan fingerprint density at radius 3 is 2.54 bits per heavy atom. The molecule has 0 saturated heterocycles. The standard InChI is InChI=1S/C10H16Br2O/c1-7-3-5-10(2,6-4-7)8(13)9(11)12/h3,8-9,13H,4-6H2,1-2H3. The Bertz CT molecular complexity index is 213. The zero-order chi connectivity index (χ0) is 10.1. The van der Waals surface area contributed by atoms with Crippen LogP contribution in [-0.2, 0) is 0 Å². The third kappa shape index (κ3) is 2.80. The lowest BCUT2D eigenvalue weighted by atomic mass is 9.73. The van der Waals surface area contributed by atoms with Crippen molar-refractivity contribution in [2.45, 2.75) is 43.0 Å². The van der Waals surface area contributed by atoms with Gasteiger partial charge in [0.05, 0.1) is 9.84 Å². The average Bonchev–Trinajstić information content (AvgIpc) is 2.09. The second kappa shape index (κ2) is 4.45. The smallest absolute Gasteiger partial charge is 0.0961 e. The van der Waals surface area contributed by atoms with Gasteiger partial charge in [-0.1, -0.05) is 50.4 Å². The van der Waals surface area contributed by atoms with Gasteiger partial charge in [-0.15, -0.1) is 0 Å². The van der Waals surface area contributed by atoms with Crippen LogP contribution in [0.4, 0.5) is 0 Å². The predicted molar refractivity (Wildman–Crippen MR) is 63.4 cm³/mol. The SMILES string of the molecule is CC1=CCC(C)(C(O)C(Br)Br)CC1. The van der Waals surface area contributed by atoms with Crippen molar-refractivity contribution in [3.63, 3.8) is 0 Å². The highest BCUT2D eigenvalue weighted by molar-refractivity contribution is 9.24. The quantitative estimate of drug-likeness (QED) is 0.610. The molecule has 3 heteroatoms. The molecule has 0 aromatic heterocycles. The summed E-state index contributed by atoms with van der Waals surface area (Å²) < 4.78 is -0.00296. The highest BCUT2D eigenvalue weighted by atomic mass is 79.9. The summed E-state index contributed by atoms with van der Waals surface area (Å²) >= 11 is 6.74. The molecule has 76 valence electrons. The Morgan fingerprint density at radius 2 is 2.15 bits per heavy atom. The van der Waals surface area contributed by atoms with Gasteiger partial charge in [0.25, 0.3) is 0 Å². The fourth-order valence-corrected chi connectivity index (χ4v) is 2.94. The molecule has 2 atom stereocenters. The maximum Gasteiger partial charge on any atom is 0.0961 e. The second-order valence-electron chi connectivity index (χ2n) is 4.19. The van der Waals surface area contributed by atoms with E-state index in [-0.39, 0.29) is 15.3 Å². The van der Waals surface area contributed by atoms with Gasteiger partial charge in [-0.25, -0.2) is 0 Å². The van der Waals surface area contributed by atoms with Crippen molar-refractivity contribution in [1.29, 1.82) is 0 Å². The van der Waals surface area contributed by atoms with Crippen LogP contribution in [0.5, 0.6) is 0 Å². The lowest BCUT2D eigenvalue weighted by Gasteiger charge is -2.37. The molecule has 0 aliphatic heterocycles. The van der Waals surface area contributed by atoms with Crippen LogP contribution in [0.25, 0.3) is 0 Å². The van der Waals surface area contributed by atoms with E-state index in [1.54, 1.807) is 0 Å². The normalized spacial score (nSPS) is 31.7. The molecule has 13 heavy (non-hydrogen) atoms.